The molecule has 0 saturated carbocycles. The van der Waals surface area contributed by atoms with E-state index < -0.39 is 29.5 Å². The van der Waals surface area contributed by atoms with Crippen molar-refractivity contribution >= 4 is 11.9 Å². The predicted molar refractivity (Wildman–Crippen MR) is 80.0 cm³/mol. The number of hydrogen-bond acceptors (Lipinski definition) is 5. The van der Waals surface area contributed by atoms with Crippen molar-refractivity contribution in [1.82, 2.24) is 0 Å². The van der Waals surface area contributed by atoms with Gasteiger partial charge in [0, 0.05) is 6.04 Å². The van der Waals surface area contributed by atoms with Gasteiger partial charge in [0.2, 0.25) is 0 Å². The molecule has 0 fully saturated rings. The number of nitrogens with two attached hydrogens (primary N) is 1. The molecule has 6 heteroatoms. The van der Waals surface area contributed by atoms with E-state index in [-0.39, 0.29) is 6.42 Å². The van der Waals surface area contributed by atoms with E-state index in [9.17, 15) is 9.59 Å². The largest absolute Gasteiger partial charge is 0.481 e. The van der Waals surface area contributed by atoms with E-state index in [4.69, 9.17) is 20.8 Å². The molecule has 0 aromatic heterocycles. The van der Waals surface area contributed by atoms with Gasteiger partial charge in [0.05, 0.1) is 24.0 Å². The molecule has 0 heterocycles. The number of nitrogens with zero attached hydrogens (tertiary/aromatic N) is 1. The minimum Gasteiger partial charge on any atom is -0.481 e. The quantitative estimate of drug-likeness (QED) is 0.802. The lowest BCUT2D eigenvalue weighted by Gasteiger charge is -2.27. The van der Waals surface area contributed by atoms with Crippen LogP contribution in [-0.4, -0.2) is 28.7 Å². The minimum atomic E-state index is -1.09. The Morgan fingerprint density at radius 1 is 1.32 bits per heavy atom. The van der Waals surface area contributed by atoms with Gasteiger partial charge in [-0.2, -0.15) is 5.26 Å². The van der Waals surface area contributed by atoms with Crippen molar-refractivity contribution in [2.45, 2.75) is 44.8 Å². The number of aliphatic carboxylic acids is 1. The molecule has 0 amide bonds. The summed E-state index contributed by atoms with van der Waals surface area (Å²) in [6.45, 7) is 5.18. The van der Waals surface area contributed by atoms with Gasteiger partial charge in [0.25, 0.3) is 0 Å². The number of esters is 1. The second kappa shape index (κ2) is 7.05. The Morgan fingerprint density at radius 3 is 2.27 bits per heavy atom. The first-order chi connectivity index (χ1) is 10.1. The third kappa shape index (κ3) is 5.19. The fraction of sp³-hybridized carbons (Fsp3) is 0.438. The number of carbonyl (C=O) groups excluding carboxylic acids is 1. The molecule has 22 heavy (non-hydrogen) atoms. The van der Waals surface area contributed by atoms with Crippen LogP contribution in [0.3, 0.4) is 0 Å². The van der Waals surface area contributed by atoms with Crippen molar-refractivity contribution < 1.29 is 19.4 Å². The molecule has 3 N–H and O–H groups in total. The Labute approximate surface area is 129 Å². The van der Waals surface area contributed by atoms with Crippen LogP contribution in [0.15, 0.2) is 24.3 Å². The number of rotatable bonds is 5. The lowest BCUT2D eigenvalue weighted by Crippen LogP contribution is -2.39. The van der Waals surface area contributed by atoms with Crippen LogP contribution in [0.4, 0.5) is 0 Å². The molecule has 0 aliphatic carbocycles. The highest BCUT2D eigenvalue weighted by atomic mass is 16.6. The van der Waals surface area contributed by atoms with Gasteiger partial charge in [-0.3, -0.25) is 9.59 Å². The maximum absolute atomic E-state index is 12.4. The lowest BCUT2D eigenvalue weighted by atomic mass is 9.89. The Hall–Kier alpha value is -2.39. The number of carboxylic acid groups (broad SMARTS) is 1. The van der Waals surface area contributed by atoms with Crippen LogP contribution in [0.25, 0.3) is 0 Å². The number of carbonyl (C=O) groups is 2. The summed E-state index contributed by atoms with van der Waals surface area (Å²) in [5.74, 6) is -2.57. The maximum atomic E-state index is 12.4. The van der Waals surface area contributed by atoms with Crippen molar-refractivity contribution in [3.05, 3.63) is 35.4 Å². The normalized spacial score (nSPS) is 13.8. The molecule has 0 unspecified atom stereocenters. The second-order valence-corrected chi connectivity index (χ2v) is 6.01. The minimum absolute atomic E-state index is 0.357. The van der Waals surface area contributed by atoms with E-state index in [1.807, 2.05) is 6.07 Å². The zero-order chi connectivity index (χ0) is 16.9. The summed E-state index contributed by atoms with van der Waals surface area (Å²) in [5, 5.41) is 17.7. The van der Waals surface area contributed by atoms with Gasteiger partial charge in [-0.05, 0) is 38.5 Å². The number of hydrogen-bond donors (Lipinski definition) is 2. The van der Waals surface area contributed by atoms with Crippen LogP contribution < -0.4 is 5.73 Å². The summed E-state index contributed by atoms with van der Waals surface area (Å²) >= 11 is 0. The van der Waals surface area contributed by atoms with Gasteiger partial charge in [0.1, 0.15) is 5.60 Å². The van der Waals surface area contributed by atoms with Crippen molar-refractivity contribution in [1.29, 1.82) is 5.26 Å². The first-order valence-electron chi connectivity index (χ1n) is 6.84. The Balaban J connectivity index is 3.12. The fourth-order valence-electron chi connectivity index (χ4n) is 2.01. The molecule has 2 atom stereocenters. The number of benzene rings is 1. The molecule has 0 aliphatic heterocycles. The van der Waals surface area contributed by atoms with Crippen LogP contribution in [0.1, 0.15) is 44.2 Å². The SMILES string of the molecule is CC(C)(C)OC(=O)[C@@H](c1ccc(C#N)cc1)[C@H](N)CC(=O)O. The monoisotopic (exact) mass is 304 g/mol. The molecule has 0 spiro atoms. The van der Waals surface area contributed by atoms with E-state index in [0.717, 1.165) is 0 Å². The van der Waals surface area contributed by atoms with Crippen molar-refractivity contribution in [2.24, 2.45) is 5.73 Å². The molecule has 0 saturated heterocycles. The summed E-state index contributed by atoms with van der Waals surface area (Å²) in [4.78, 5) is 23.3. The summed E-state index contributed by atoms with van der Waals surface area (Å²) in [5.41, 5.74) is 6.16. The van der Waals surface area contributed by atoms with Crippen LogP contribution in [0.2, 0.25) is 0 Å². The third-order valence-electron chi connectivity index (χ3n) is 2.90. The highest BCUT2D eigenvalue weighted by Crippen LogP contribution is 2.25. The number of carboxylic acids is 1. The summed E-state index contributed by atoms with van der Waals surface area (Å²) in [7, 11) is 0. The van der Waals surface area contributed by atoms with E-state index in [2.05, 4.69) is 0 Å². The van der Waals surface area contributed by atoms with E-state index in [1.54, 1.807) is 45.0 Å². The first-order valence-corrected chi connectivity index (χ1v) is 6.84. The Bertz CT molecular complexity index is 582. The van der Waals surface area contributed by atoms with Gasteiger partial charge in [-0.25, -0.2) is 0 Å². The average molecular weight is 304 g/mol. The molecule has 0 radical (unpaired) electrons. The van der Waals surface area contributed by atoms with E-state index >= 15 is 0 Å². The van der Waals surface area contributed by atoms with Crippen LogP contribution in [-0.2, 0) is 14.3 Å². The summed E-state index contributed by atoms with van der Waals surface area (Å²) in [6, 6.07) is 7.36. The fourth-order valence-corrected chi connectivity index (χ4v) is 2.01. The highest BCUT2D eigenvalue weighted by molar-refractivity contribution is 5.81. The Morgan fingerprint density at radius 2 is 1.86 bits per heavy atom. The summed E-state index contributed by atoms with van der Waals surface area (Å²) in [6.07, 6.45) is -0.357. The van der Waals surface area contributed by atoms with E-state index in [1.165, 1.54) is 0 Å². The van der Waals surface area contributed by atoms with Gasteiger partial charge >= 0.3 is 11.9 Å². The number of ether oxygens (including phenoxy) is 1. The topological polar surface area (TPSA) is 113 Å². The van der Waals surface area contributed by atoms with Crippen LogP contribution in [0, 0.1) is 11.3 Å². The zero-order valence-corrected chi connectivity index (χ0v) is 12.9. The standard InChI is InChI=1S/C16H20N2O4/c1-16(2,3)22-15(21)14(12(18)8-13(19)20)11-6-4-10(9-17)5-7-11/h4-7,12,14H,8,18H2,1-3H3,(H,19,20)/t12-,14+/m1/s1. The van der Waals surface area contributed by atoms with Crippen LogP contribution >= 0.6 is 0 Å². The molecular weight excluding hydrogens is 284 g/mol. The third-order valence-corrected chi connectivity index (χ3v) is 2.90. The molecule has 0 aliphatic rings. The molecule has 1 rings (SSSR count). The molecule has 118 valence electrons. The first kappa shape index (κ1) is 17.7. The molecule has 1 aromatic rings. The molecule has 0 bridgehead atoms. The van der Waals surface area contributed by atoms with Gasteiger partial charge in [-0.1, -0.05) is 12.1 Å². The van der Waals surface area contributed by atoms with Crippen molar-refractivity contribution in [3.8, 4) is 6.07 Å². The predicted octanol–water partition coefficient (Wildman–Crippen LogP) is 1.79. The zero-order valence-electron chi connectivity index (χ0n) is 12.9. The maximum Gasteiger partial charge on any atom is 0.315 e. The molecular formula is C16H20N2O4. The lowest BCUT2D eigenvalue weighted by molar-refractivity contribution is -0.157. The second-order valence-electron chi connectivity index (χ2n) is 6.01. The van der Waals surface area contributed by atoms with E-state index in [0.29, 0.717) is 11.1 Å². The van der Waals surface area contributed by atoms with Gasteiger partial charge < -0.3 is 15.6 Å². The molecule has 6 nitrogen and oxygen atoms in total. The van der Waals surface area contributed by atoms with Gasteiger partial charge in [-0.15, -0.1) is 0 Å². The molecule has 1 aromatic carbocycles. The van der Waals surface area contributed by atoms with Crippen LogP contribution in [0.5, 0.6) is 0 Å². The number of nitriles is 1. The van der Waals surface area contributed by atoms with Crippen molar-refractivity contribution in [3.63, 3.8) is 0 Å². The van der Waals surface area contributed by atoms with Gasteiger partial charge in [0.15, 0.2) is 0 Å². The van der Waals surface area contributed by atoms with Crippen molar-refractivity contribution in [2.75, 3.05) is 0 Å². The Kier molecular flexibility index (Phi) is 5.66. The smallest absolute Gasteiger partial charge is 0.315 e. The average Bonchev–Trinajstić information content (AvgIpc) is 2.36. The highest BCUT2D eigenvalue weighted by Gasteiger charge is 2.32. The summed E-state index contributed by atoms with van der Waals surface area (Å²) < 4.78 is 5.34.